The minimum absolute atomic E-state index is 0.0479. The molecule has 2 heterocycles. The summed E-state index contributed by atoms with van der Waals surface area (Å²) in [4.78, 5) is 25.4. The monoisotopic (exact) mass is 274 g/mol. The summed E-state index contributed by atoms with van der Waals surface area (Å²) < 4.78 is 1.91. The lowest BCUT2D eigenvalue weighted by Crippen LogP contribution is -2.34. The molecule has 1 aliphatic carbocycles. The SMILES string of the molecule is CN1CCc2c(cc(/C=C/C(=O)O)c(=O)n2C2CC2)C1. The van der Waals surface area contributed by atoms with Gasteiger partial charge in [0.05, 0.1) is 0 Å². The lowest BCUT2D eigenvalue weighted by Gasteiger charge is -2.28. The molecule has 0 unspecified atom stereocenters. The van der Waals surface area contributed by atoms with Crippen molar-refractivity contribution < 1.29 is 9.90 Å². The smallest absolute Gasteiger partial charge is 0.328 e. The molecule has 0 saturated heterocycles. The summed E-state index contributed by atoms with van der Waals surface area (Å²) in [6, 6.07) is 2.17. The molecule has 1 fully saturated rings. The van der Waals surface area contributed by atoms with E-state index in [1.807, 2.05) is 10.6 Å². The molecule has 0 radical (unpaired) electrons. The molecule has 0 spiro atoms. The predicted molar refractivity (Wildman–Crippen MR) is 75.7 cm³/mol. The lowest BCUT2D eigenvalue weighted by atomic mass is 10.0. The Morgan fingerprint density at radius 3 is 2.85 bits per heavy atom. The molecule has 1 saturated carbocycles. The second-order valence-electron chi connectivity index (χ2n) is 5.64. The number of rotatable bonds is 3. The first-order valence-electron chi connectivity index (χ1n) is 6.93. The van der Waals surface area contributed by atoms with Crippen LogP contribution in [0.5, 0.6) is 0 Å². The van der Waals surface area contributed by atoms with Crippen LogP contribution in [0, 0.1) is 0 Å². The van der Waals surface area contributed by atoms with Crippen molar-refractivity contribution in [2.45, 2.75) is 31.8 Å². The van der Waals surface area contributed by atoms with Gasteiger partial charge in [0.15, 0.2) is 0 Å². The molecule has 1 N–H and O–H groups in total. The molecule has 2 aliphatic rings. The molecule has 3 rings (SSSR count). The van der Waals surface area contributed by atoms with Gasteiger partial charge in [0.1, 0.15) is 0 Å². The van der Waals surface area contributed by atoms with E-state index in [4.69, 9.17) is 5.11 Å². The summed E-state index contributed by atoms with van der Waals surface area (Å²) >= 11 is 0. The van der Waals surface area contributed by atoms with Crippen molar-refractivity contribution in [3.63, 3.8) is 0 Å². The first-order valence-corrected chi connectivity index (χ1v) is 6.93. The summed E-state index contributed by atoms with van der Waals surface area (Å²) in [5.41, 5.74) is 2.72. The molecule has 0 amide bonds. The molecule has 1 aliphatic heterocycles. The van der Waals surface area contributed by atoms with Gasteiger partial charge in [0.25, 0.3) is 5.56 Å². The molecule has 0 atom stereocenters. The van der Waals surface area contributed by atoms with Crippen LogP contribution >= 0.6 is 0 Å². The Hall–Kier alpha value is -1.88. The summed E-state index contributed by atoms with van der Waals surface area (Å²) in [6.45, 7) is 1.78. The topological polar surface area (TPSA) is 62.5 Å². The van der Waals surface area contributed by atoms with Crippen molar-refractivity contribution in [2.24, 2.45) is 0 Å². The van der Waals surface area contributed by atoms with Crippen LogP contribution < -0.4 is 5.56 Å². The van der Waals surface area contributed by atoms with Gasteiger partial charge >= 0.3 is 5.97 Å². The number of fused-ring (bicyclic) bond motifs is 1. The lowest BCUT2D eigenvalue weighted by molar-refractivity contribution is -0.131. The fourth-order valence-electron chi connectivity index (χ4n) is 2.83. The van der Waals surface area contributed by atoms with Crippen LogP contribution in [0.2, 0.25) is 0 Å². The molecule has 5 nitrogen and oxygen atoms in total. The standard InChI is InChI=1S/C15H18N2O3/c1-16-7-6-13-11(9-16)8-10(2-5-14(18)19)15(20)17(13)12-3-4-12/h2,5,8,12H,3-4,6-7,9H2,1H3,(H,18,19)/b5-2+. The average Bonchev–Trinajstić information content (AvgIpc) is 3.21. The van der Waals surface area contributed by atoms with Crippen LogP contribution in [0.3, 0.4) is 0 Å². The van der Waals surface area contributed by atoms with E-state index in [-0.39, 0.29) is 5.56 Å². The minimum Gasteiger partial charge on any atom is -0.478 e. The van der Waals surface area contributed by atoms with E-state index in [0.29, 0.717) is 11.6 Å². The van der Waals surface area contributed by atoms with Crippen LogP contribution in [-0.4, -0.2) is 34.1 Å². The number of carboxylic acids is 1. The van der Waals surface area contributed by atoms with Gasteiger partial charge < -0.3 is 14.6 Å². The Labute approximate surface area is 117 Å². The van der Waals surface area contributed by atoms with Crippen molar-refractivity contribution in [3.05, 3.63) is 39.3 Å². The highest BCUT2D eigenvalue weighted by Gasteiger charge is 2.30. The minimum atomic E-state index is -1.03. The van der Waals surface area contributed by atoms with E-state index in [9.17, 15) is 9.59 Å². The number of carboxylic acid groups (broad SMARTS) is 1. The van der Waals surface area contributed by atoms with E-state index in [0.717, 1.165) is 49.7 Å². The van der Waals surface area contributed by atoms with Crippen molar-refractivity contribution in [1.82, 2.24) is 9.47 Å². The second kappa shape index (κ2) is 4.90. The van der Waals surface area contributed by atoms with Crippen molar-refractivity contribution >= 4 is 12.0 Å². The number of hydrogen-bond donors (Lipinski definition) is 1. The van der Waals surface area contributed by atoms with Gasteiger partial charge in [-0.15, -0.1) is 0 Å². The summed E-state index contributed by atoms with van der Waals surface area (Å²) in [5, 5.41) is 8.73. The van der Waals surface area contributed by atoms with Crippen LogP contribution in [0.1, 0.15) is 35.7 Å². The largest absolute Gasteiger partial charge is 0.478 e. The third-order valence-electron chi connectivity index (χ3n) is 3.95. The third-order valence-corrected chi connectivity index (χ3v) is 3.95. The van der Waals surface area contributed by atoms with E-state index < -0.39 is 5.97 Å². The summed E-state index contributed by atoms with van der Waals surface area (Å²) in [7, 11) is 2.06. The van der Waals surface area contributed by atoms with E-state index in [1.54, 1.807) is 0 Å². The Bertz CT molecular complexity index is 641. The number of carbonyl (C=O) groups is 1. The summed E-state index contributed by atoms with van der Waals surface area (Å²) in [6.07, 6.45) is 5.44. The molecule has 5 heteroatoms. The number of aromatic nitrogens is 1. The zero-order valence-corrected chi connectivity index (χ0v) is 11.5. The zero-order chi connectivity index (χ0) is 14.3. The first-order chi connectivity index (χ1) is 9.56. The Morgan fingerprint density at radius 1 is 1.45 bits per heavy atom. The van der Waals surface area contributed by atoms with Crippen LogP contribution in [0.15, 0.2) is 16.9 Å². The average molecular weight is 274 g/mol. The maximum Gasteiger partial charge on any atom is 0.328 e. The highest BCUT2D eigenvalue weighted by molar-refractivity contribution is 5.85. The van der Waals surface area contributed by atoms with Gasteiger partial charge in [-0.2, -0.15) is 0 Å². The number of pyridine rings is 1. The molecular formula is C15H18N2O3. The van der Waals surface area contributed by atoms with E-state index in [1.165, 1.54) is 6.08 Å². The van der Waals surface area contributed by atoms with Crippen molar-refractivity contribution in [2.75, 3.05) is 13.6 Å². The highest BCUT2D eigenvalue weighted by atomic mass is 16.4. The van der Waals surface area contributed by atoms with Gasteiger partial charge in [-0.05, 0) is 37.6 Å². The summed E-state index contributed by atoms with van der Waals surface area (Å²) in [5.74, 6) is -1.03. The highest BCUT2D eigenvalue weighted by Crippen LogP contribution is 2.36. The molecule has 1 aromatic rings. The maximum atomic E-state index is 12.5. The van der Waals surface area contributed by atoms with E-state index in [2.05, 4.69) is 11.9 Å². The van der Waals surface area contributed by atoms with Gasteiger partial charge in [0.2, 0.25) is 0 Å². The van der Waals surface area contributed by atoms with Gasteiger partial charge in [-0.25, -0.2) is 4.79 Å². The van der Waals surface area contributed by atoms with Crippen molar-refractivity contribution in [1.29, 1.82) is 0 Å². The third kappa shape index (κ3) is 2.41. The van der Waals surface area contributed by atoms with Crippen molar-refractivity contribution in [3.8, 4) is 0 Å². The Balaban J connectivity index is 2.12. The molecule has 0 bridgehead atoms. The normalized spacial score (nSPS) is 19.2. The number of aliphatic carboxylic acids is 1. The van der Waals surface area contributed by atoms with Crippen LogP contribution in [0.25, 0.3) is 6.08 Å². The number of hydrogen-bond acceptors (Lipinski definition) is 3. The Morgan fingerprint density at radius 2 is 2.20 bits per heavy atom. The quantitative estimate of drug-likeness (QED) is 0.843. The van der Waals surface area contributed by atoms with E-state index >= 15 is 0 Å². The number of likely N-dealkylation sites (N-methyl/N-ethyl adjacent to an activating group) is 1. The fraction of sp³-hybridized carbons (Fsp3) is 0.467. The maximum absolute atomic E-state index is 12.5. The zero-order valence-electron chi connectivity index (χ0n) is 11.5. The second-order valence-corrected chi connectivity index (χ2v) is 5.64. The van der Waals surface area contributed by atoms with Gasteiger partial charge in [-0.1, -0.05) is 0 Å². The van der Waals surface area contributed by atoms with Gasteiger partial charge in [-0.3, -0.25) is 4.79 Å². The molecule has 0 aromatic carbocycles. The molecule has 1 aromatic heterocycles. The van der Waals surface area contributed by atoms with Crippen LogP contribution in [0.4, 0.5) is 0 Å². The molecular weight excluding hydrogens is 256 g/mol. The van der Waals surface area contributed by atoms with Gasteiger partial charge in [0, 0.05) is 42.9 Å². The van der Waals surface area contributed by atoms with Crippen LogP contribution in [-0.2, 0) is 17.8 Å². The number of nitrogens with zero attached hydrogens (tertiary/aromatic N) is 2. The molecule has 106 valence electrons. The first kappa shape index (κ1) is 13.1. The fourth-order valence-corrected chi connectivity index (χ4v) is 2.83. The Kier molecular flexibility index (Phi) is 3.22. The molecule has 20 heavy (non-hydrogen) atoms. The predicted octanol–water partition coefficient (Wildman–Crippen LogP) is 1.27.